The van der Waals surface area contributed by atoms with Crippen molar-refractivity contribution in [3.8, 4) is 0 Å². The third-order valence-corrected chi connectivity index (χ3v) is 3.44. The van der Waals surface area contributed by atoms with E-state index in [4.69, 9.17) is 10.6 Å². The Hall–Kier alpha value is -1.12. The van der Waals surface area contributed by atoms with Crippen molar-refractivity contribution in [1.29, 1.82) is 0 Å². The van der Waals surface area contributed by atoms with Gasteiger partial charge in [-0.05, 0) is 20.3 Å². The van der Waals surface area contributed by atoms with Crippen LogP contribution >= 0.6 is 11.8 Å². The van der Waals surface area contributed by atoms with Crippen LogP contribution in [-0.4, -0.2) is 47.5 Å². The molecule has 0 bridgehead atoms. The predicted molar refractivity (Wildman–Crippen MR) is 78.4 cm³/mol. The van der Waals surface area contributed by atoms with Crippen LogP contribution in [0.5, 0.6) is 0 Å². The number of anilines is 2. The molecule has 0 saturated carbocycles. The number of hydrazine groups is 1. The molecule has 8 heteroatoms. The van der Waals surface area contributed by atoms with E-state index in [0.29, 0.717) is 17.1 Å². The van der Waals surface area contributed by atoms with Crippen molar-refractivity contribution >= 4 is 23.7 Å². The lowest BCUT2D eigenvalue weighted by Gasteiger charge is -2.19. The monoisotopic (exact) mass is 286 g/mol. The maximum absolute atomic E-state index is 5.40. The first-order chi connectivity index (χ1) is 9.24. The molecule has 0 spiro atoms. The summed E-state index contributed by atoms with van der Waals surface area (Å²) < 4.78 is 5.01. The Morgan fingerprint density at radius 1 is 1.26 bits per heavy atom. The first-order valence-electron chi connectivity index (χ1n) is 6.34. The summed E-state index contributed by atoms with van der Waals surface area (Å²) in [6, 6.07) is 0. The van der Waals surface area contributed by atoms with Crippen LogP contribution < -0.4 is 16.2 Å². The third kappa shape index (κ3) is 5.17. The van der Waals surface area contributed by atoms with Crippen LogP contribution in [0.2, 0.25) is 0 Å². The molecule has 3 N–H and O–H groups in total. The molecule has 0 fully saturated rings. The Balaban J connectivity index is 2.77. The number of nitrogens with zero attached hydrogens (tertiary/aromatic N) is 4. The molecular formula is C11H22N6OS. The largest absolute Gasteiger partial charge is 0.385 e. The van der Waals surface area contributed by atoms with Gasteiger partial charge < -0.3 is 9.64 Å². The number of hydrogen-bond donors (Lipinski definition) is 2. The SMILES string of the molecule is CCN(CC)c1nc(NN)nc(SCCCOC)n1. The summed E-state index contributed by atoms with van der Waals surface area (Å²) in [7, 11) is 1.70. The van der Waals surface area contributed by atoms with Gasteiger partial charge in [0.2, 0.25) is 11.9 Å². The molecule has 0 radical (unpaired) electrons. The molecular weight excluding hydrogens is 264 g/mol. The molecule has 1 aromatic heterocycles. The molecule has 0 unspecified atom stereocenters. The van der Waals surface area contributed by atoms with E-state index in [1.165, 1.54) is 0 Å². The van der Waals surface area contributed by atoms with Crippen LogP contribution in [-0.2, 0) is 4.74 Å². The lowest BCUT2D eigenvalue weighted by atomic mass is 10.5. The molecule has 19 heavy (non-hydrogen) atoms. The molecule has 1 heterocycles. The smallest absolute Gasteiger partial charge is 0.242 e. The maximum Gasteiger partial charge on any atom is 0.242 e. The lowest BCUT2D eigenvalue weighted by Crippen LogP contribution is -2.25. The minimum Gasteiger partial charge on any atom is -0.385 e. The number of ether oxygens (including phenoxy) is 1. The summed E-state index contributed by atoms with van der Waals surface area (Å²) in [4.78, 5) is 15.0. The normalized spacial score (nSPS) is 10.5. The fraction of sp³-hybridized carbons (Fsp3) is 0.727. The van der Waals surface area contributed by atoms with Gasteiger partial charge in [0, 0.05) is 32.6 Å². The fourth-order valence-corrected chi connectivity index (χ4v) is 2.23. The van der Waals surface area contributed by atoms with Gasteiger partial charge in [-0.3, -0.25) is 5.43 Å². The Morgan fingerprint density at radius 2 is 2.00 bits per heavy atom. The molecule has 0 aromatic carbocycles. The molecule has 0 atom stereocenters. The second kappa shape index (κ2) is 8.89. The summed E-state index contributed by atoms with van der Waals surface area (Å²) in [5, 5.41) is 0.681. The van der Waals surface area contributed by atoms with Gasteiger partial charge in [-0.15, -0.1) is 0 Å². The highest BCUT2D eigenvalue weighted by atomic mass is 32.2. The minimum atomic E-state index is 0.395. The average molecular weight is 286 g/mol. The van der Waals surface area contributed by atoms with Gasteiger partial charge >= 0.3 is 0 Å². The standard InChI is InChI=1S/C11H22N6OS/c1-4-17(5-2)10-13-9(16-12)14-11(15-10)19-8-6-7-18-3/h4-8,12H2,1-3H3,(H,13,14,15,16). The second-order valence-corrected chi connectivity index (χ2v) is 4.82. The Morgan fingerprint density at radius 3 is 2.58 bits per heavy atom. The molecule has 108 valence electrons. The summed E-state index contributed by atoms with van der Waals surface area (Å²) >= 11 is 1.58. The van der Waals surface area contributed by atoms with Gasteiger partial charge in [-0.2, -0.15) is 15.0 Å². The lowest BCUT2D eigenvalue weighted by molar-refractivity contribution is 0.200. The van der Waals surface area contributed by atoms with E-state index in [1.807, 2.05) is 0 Å². The van der Waals surface area contributed by atoms with E-state index >= 15 is 0 Å². The second-order valence-electron chi connectivity index (χ2n) is 3.75. The molecule has 0 amide bonds. The van der Waals surface area contributed by atoms with Crippen LogP contribution in [0.1, 0.15) is 20.3 Å². The van der Waals surface area contributed by atoms with Crippen molar-refractivity contribution in [2.24, 2.45) is 5.84 Å². The number of hydrogen-bond acceptors (Lipinski definition) is 8. The van der Waals surface area contributed by atoms with E-state index in [9.17, 15) is 0 Å². The minimum absolute atomic E-state index is 0.395. The average Bonchev–Trinajstić information content (AvgIpc) is 2.45. The van der Waals surface area contributed by atoms with Crippen LogP contribution in [0.25, 0.3) is 0 Å². The number of aromatic nitrogens is 3. The molecule has 7 nitrogen and oxygen atoms in total. The number of methoxy groups -OCH3 is 1. The van der Waals surface area contributed by atoms with Crippen LogP contribution in [0.3, 0.4) is 0 Å². The number of rotatable bonds is 9. The van der Waals surface area contributed by atoms with Gasteiger partial charge in [0.05, 0.1) is 0 Å². The fourth-order valence-electron chi connectivity index (χ4n) is 1.49. The molecule has 1 aromatic rings. The van der Waals surface area contributed by atoms with Crippen molar-refractivity contribution in [2.75, 3.05) is 42.9 Å². The zero-order valence-electron chi connectivity index (χ0n) is 11.7. The number of nitrogen functional groups attached to an aromatic ring is 1. The van der Waals surface area contributed by atoms with Gasteiger partial charge in [0.15, 0.2) is 5.16 Å². The summed E-state index contributed by atoms with van der Waals surface area (Å²) in [6.45, 7) is 6.56. The maximum atomic E-state index is 5.40. The van der Waals surface area contributed by atoms with Crippen molar-refractivity contribution in [1.82, 2.24) is 15.0 Å². The summed E-state index contributed by atoms with van der Waals surface area (Å²) in [5.74, 6) is 7.35. The highest BCUT2D eigenvalue weighted by Crippen LogP contribution is 2.18. The van der Waals surface area contributed by atoms with Gasteiger partial charge in [0.1, 0.15) is 0 Å². The van der Waals surface area contributed by atoms with Crippen LogP contribution in [0.15, 0.2) is 5.16 Å². The molecule has 0 aliphatic heterocycles. The first-order valence-corrected chi connectivity index (χ1v) is 7.33. The highest BCUT2D eigenvalue weighted by molar-refractivity contribution is 7.99. The van der Waals surface area contributed by atoms with Crippen molar-refractivity contribution in [3.05, 3.63) is 0 Å². The van der Waals surface area contributed by atoms with Crippen LogP contribution in [0, 0.1) is 0 Å². The topological polar surface area (TPSA) is 89.2 Å². The highest BCUT2D eigenvalue weighted by Gasteiger charge is 2.10. The van der Waals surface area contributed by atoms with Gasteiger partial charge in [-0.1, -0.05) is 11.8 Å². The Bertz CT molecular complexity index is 374. The summed E-state index contributed by atoms with van der Waals surface area (Å²) in [5.41, 5.74) is 2.49. The third-order valence-electron chi connectivity index (χ3n) is 2.50. The quantitative estimate of drug-likeness (QED) is 0.302. The van der Waals surface area contributed by atoms with Crippen molar-refractivity contribution < 1.29 is 4.74 Å². The van der Waals surface area contributed by atoms with E-state index in [2.05, 4.69) is 39.1 Å². The number of thioether (sulfide) groups is 1. The molecule has 0 aliphatic carbocycles. The van der Waals surface area contributed by atoms with Gasteiger partial charge in [0.25, 0.3) is 0 Å². The number of nitrogens with one attached hydrogen (secondary N) is 1. The Kier molecular flexibility index (Phi) is 7.46. The first kappa shape index (κ1) is 15.9. The molecule has 0 saturated heterocycles. The van der Waals surface area contributed by atoms with Crippen molar-refractivity contribution in [2.45, 2.75) is 25.4 Å². The van der Waals surface area contributed by atoms with E-state index in [1.54, 1.807) is 18.9 Å². The van der Waals surface area contributed by atoms with Crippen molar-refractivity contribution in [3.63, 3.8) is 0 Å². The van der Waals surface area contributed by atoms with Gasteiger partial charge in [-0.25, -0.2) is 5.84 Å². The van der Waals surface area contributed by atoms with Crippen LogP contribution in [0.4, 0.5) is 11.9 Å². The zero-order valence-corrected chi connectivity index (χ0v) is 12.5. The predicted octanol–water partition coefficient (Wildman–Crippen LogP) is 1.13. The number of nitrogens with two attached hydrogens (primary N) is 1. The molecule has 1 rings (SSSR count). The van der Waals surface area contributed by atoms with E-state index in [0.717, 1.165) is 31.9 Å². The van der Waals surface area contributed by atoms with E-state index in [-0.39, 0.29) is 0 Å². The molecule has 0 aliphatic rings. The Labute approximate surface area is 118 Å². The summed E-state index contributed by atoms with van der Waals surface area (Å²) in [6.07, 6.45) is 0.957. The van der Waals surface area contributed by atoms with E-state index < -0.39 is 0 Å². The zero-order chi connectivity index (χ0) is 14.1.